The molecule has 0 spiro atoms. The number of hydrogen-bond acceptors (Lipinski definition) is 2. The highest BCUT2D eigenvalue weighted by atomic mass is 28.4. The molecule has 1 rings (SSSR count). The van der Waals surface area contributed by atoms with Gasteiger partial charge in [0.05, 0.1) is 0 Å². The topological polar surface area (TPSA) is 42.1 Å². The molecule has 0 atom stereocenters. The molecule has 0 aliphatic rings. The number of aromatic amines is 1. The summed E-state index contributed by atoms with van der Waals surface area (Å²) in [7, 11) is -1.59. The van der Waals surface area contributed by atoms with Crippen LogP contribution in [0.15, 0.2) is 23.1 Å². The third-order valence-electron chi connectivity index (χ3n) is 1.16. The van der Waals surface area contributed by atoms with Gasteiger partial charge in [-0.3, -0.25) is 4.79 Å². The highest BCUT2D eigenvalue weighted by Crippen LogP contribution is 2.09. The standard InChI is InChI=1S/C8H13NO2Si/c1-12(2,3)11-8-6-7(10)4-5-9-8/h4-6H,1-3H3,(H,9,10). The molecule has 0 saturated heterocycles. The normalized spacial score (nSPS) is 11.2. The summed E-state index contributed by atoms with van der Waals surface area (Å²) in [6, 6.07) is 2.94. The van der Waals surface area contributed by atoms with Crippen molar-refractivity contribution in [1.29, 1.82) is 0 Å². The van der Waals surface area contributed by atoms with E-state index in [-0.39, 0.29) is 5.43 Å². The molecule has 0 aliphatic carbocycles. The van der Waals surface area contributed by atoms with Gasteiger partial charge in [0.1, 0.15) is 0 Å². The van der Waals surface area contributed by atoms with E-state index >= 15 is 0 Å². The summed E-state index contributed by atoms with van der Waals surface area (Å²) < 4.78 is 5.57. The van der Waals surface area contributed by atoms with Crippen LogP contribution in [0.25, 0.3) is 0 Å². The quantitative estimate of drug-likeness (QED) is 0.707. The lowest BCUT2D eigenvalue weighted by molar-refractivity contribution is 0.533. The first kappa shape index (κ1) is 9.06. The van der Waals surface area contributed by atoms with Crippen LogP contribution >= 0.6 is 0 Å². The molecular weight excluding hydrogens is 170 g/mol. The van der Waals surface area contributed by atoms with Crippen LogP contribution in [-0.2, 0) is 0 Å². The molecule has 1 heterocycles. The van der Waals surface area contributed by atoms with E-state index < -0.39 is 8.32 Å². The minimum atomic E-state index is -1.59. The van der Waals surface area contributed by atoms with Crippen LogP contribution in [0, 0.1) is 0 Å². The molecule has 0 fully saturated rings. The predicted octanol–water partition coefficient (Wildman–Crippen LogP) is 1.59. The number of rotatable bonds is 2. The smallest absolute Gasteiger partial charge is 0.244 e. The van der Waals surface area contributed by atoms with Gasteiger partial charge in [-0.1, -0.05) is 0 Å². The minimum absolute atomic E-state index is 0.0259. The van der Waals surface area contributed by atoms with Crippen molar-refractivity contribution >= 4 is 8.32 Å². The van der Waals surface area contributed by atoms with Crippen molar-refractivity contribution < 1.29 is 4.43 Å². The SMILES string of the molecule is C[Si](C)(C)Oc1cc(=O)cc[nH]1. The first-order valence-electron chi connectivity index (χ1n) is 3.85. The van der Waals surface area contributed by atoms with Crippen molar-refractivity contribution in [3.8, 4) is 5.88 Å². The Morgan fingerprint density at radius 3 is 2.58 bits per heavy atom. The Morgan fingerprint density at radius 1 is 1.42 bits per heavy atom. The first-order chi connectivity index (χ1) is 5.47. The van der Waals surface area contributed by atoms with Gasteiger partial charge in [-0.25, -0.2) is 0 Å². The van der Waals surface area contributed by atoms with Gasteiger partial charge in [0.25, 0.3) is 0 Å². The van der Waals surface area contributed by atoms with E-state index in [9.17, 15) is 4.79 Å². The van der Waals surface area contributed by atoms with Crippen LogP contribution in [0.1, 0.15) is 0 Å². The second-order valence-corrected chi connectivity index (χ2v) is 8.03. The van der Waals surface area contributed by atoms with E-state index in [1.807, 2.05) is 0 Å². The lowest BCUT2D eigenvalue weighted by atomic mass is 10.5. The van der Waals surface area contributed by atoms with Gasteiger partial charge in [-0.05, 0) is 19.6 Å². The van der Waals surface area contributed by atoms with E-state index in [2.05, 4.69) is 24.6 Å². The Bertz CT molecular complexity index is 313. The average molecular weight is 183 g/mol. The van der Waals surface area contributed by atoms with Crippen molar-refractivity contribution in [3.63, 3.8) is 0 Å². The van der Waals surface area contributed by atoms with Crippen molar-refractivity contribution in [2.75, 3.05) is 0 Å². The molecule has 0 bridgehead atoms. The van der Waals surface area contributed by atoms with Crippen molar-refractivity contribution in [2.24, 2.45) is 0 Å². The molecule has 1 aromatic heterocycles. The van der Waals surface area contributed by atoms with Crippen LogP contribution in [-0.4, -0.2) is 13.3 Å². The van der Waals surface area contributed by atoms with E-state index in [0.717, 1.165) is 0 Å². The van der Waals surface area contributed by atoms with E-state index in [1.165, 1.54) is 12.1 Å². The summed E-state index contributed by atoms with van der Waals surface area (Å²) >= 11 is 0. The zero-order valence-corrected chi connectivity index (χ0v) is 8.55. The van der Waals surface area contributed by atoms with Crippen LogP contribution in [0.5, 0.6) is 5.88 Å². The zero-order valence-electron chi connectivity index (χ0n) is 7.55. The average Bonchev–Trinajstić information content (AvgIpc) is 1.82. The largest absolute Gasteiger partial charge is 0.533 e. The molecule has 12 heavy (non-hydrogen) atoms. The summed E-state index contributed by atoms with van der Waals surface area (Å²) in [5, 5.41) is 0. The van der Waals surface area contributed by atoms with Gasteiger partial charge in [-0.2, -0.15) is 0 Å². The van der Waals surface area contributed by atoms with Crippen molar-refractivity contribution in [1.82, 2.24) is 4.98 Å². The molecule has 1 aromatic rings. The lowest BCUT2D eigenvalue weighted by Crippen LogP contribution is -2.30. The Balaban J connectivity index is 2.84. The molecule has 0 saturated carbocycles. The molecule has 1 N–H and O–H groups in total. The van der Waals surface area contributed by atoms with E-state index in [0.29, 0.717) is 5.88 Å². The van der Waals surface area contributed by atoms with Crippen LogP contribution in [0.4, 0.5) is 0 Å². The molecular formula is C8H13NO2Si. The number of pyridine rings is 1. The summed E-state index contributed by atoms with van der Waals surface area (Å²) in [6.07, 6.45) is 1.60. The third kappa shape index (κ3) is 2.92. The third-order valence-corrected chi connectivity index (χ3v) is 1.99. The molecule has 0 aromatic carbocycles. The summed E-state index contributed by atoms with van der Waals surface area (Å²) in [5.74, 6) is 0.571. The molecule has 66 valence electrons. The van der Waals surface area contributed by atoms with Gasteiger partial charge in [0.2, 0.25) is 8.32 Å². The zero-order chi connectivity index (χ0) is 9.19. The first-order valence-corrected chi connectivity index (χ1v) is 7.26. The molecule has 0 radical (unpaired) electrons. The monoisotopic (exact) mass is 183 g/mol. The summed E-state index contributed by atoms with van der Waals surface area (Å²) in [5.41, 5.74) is -0.0259. The number of aromatic nitrogens is 1. The van der Waals surface area contributed by atoms with Gasteiger partial charge in [-0.15, -0.1) is 0 Å². The number of nitrogens with one attached hydrogen (secondary N) is 1. The van der Waals surface area contributed by atoms with Crippen LogP contribution < -0.4 is 9.85 Å². The fourth-order valence-corrected chi connectivity index (χ4v) is 1.59. The molecule has 0 aliphatic heterocycles. The Labute approximate surface area is 72.5 Å². The second-order valence-electron chi connectivity index (χ2n) is 3.60. The maximum Gasteiger partial charge on any atom is 0.244 e. The predicted molar refractivity (Wildman–Crippen MR) is 51.0 cm³/mol. The van der Waals surface area contributed by atoms with E-state index in [1.54, 1.807) is 6.20 Å². The minimum Gasteiger partial charge on any atom is -0.533 e. The molecule has 3 nitrogen and oxygen atoms in total. The fraction of sp³-hybridized carbons (Fsp3) is 0.375. The fourth-order valence-electron chi connectivity index (χ4n) is 0.814. The van der Waals surface area contributed by atoms with E-state index in [4.69, 9.17) is 4.43 Å². The molecule has 4 heteroatoms. The lowest BCUT2D eigenvalue weighted by Gasteiger charge is -2.17. The van der Waals surface area contributed by atoms with Gasteiger partial charge < -0.3 is 9.41 Å². The number of H-pyrrole nitrogens is 1. The summed E-state index contributed by atoms with van der Waals surface area (Å²) in [4.78, 5) is 13.8. The highest BCUT2D eigenvalue weighted by molar-refractivity contribution is 6.70. The Morgan fingerprint density at radius 2 is 2.08 bits per heavy atom. The van der Waals surface area contributed by atoms with Gasteiger partial charge >= 0.3 is 0 Å². The highest BCUT2D eigenvalue weighted by Gasteiger charge is 2.16. The summed E-state index contributed by atoms with van der Waals surface area (Å²) in [6.45, 7) is 6.20. The van der Waals surface area contributed by atoms with Crippen molar-refractivity contribution in [3.05, 3.63) is 28.6 Å². The molecule has 0 unspecified atom stereocenters. The van der Waals surface area contributed by atoms with Gasteiger partial charge in [0.15, 0.2) is 11.3 Å². The maximum atomic E-state index is 10.9. The maximum absolute atomic E-state index is 10.9. The van der Waals surface area contributed by atoms with Gasteiger partial charge in [0, 0.05) is 18.3 Å². The van der Waals surface area contributed by atoms with Crippen LogP contribution in [0.2, 0.25) is 19.6 Å². The Kier molecular flexibility index (Phi) is 2.37. The number of hydrogen-bond donors (Lipinski definition) is 1. The molecule has 0 amide bonds. The van der Waals surface area contributed by atoms with Crippen molar-refractivity contribution in [2.45, 2.75) is 19.6 Å². The Hall–Kier alpha value is -1.03. The second kappa shape index (κ2) is 3.14. The van der Waals surface area contributed by atoms with Crippen LogP contribution in [0.3, 0.4) is 0 Å².